The van der Waals surface area contributed by atoms with E-state index in [4.69, 9.17) is 0 Å². The summed E-state index contributed by atoms with van der Waals surface area (Å²) in [6.07, 6.45) is 4.60. The smallest absolute Gasteiger partial charge is 0.260 e. The van der Waals surface area contributed by atoms with Gasteiger partial charge in [0.05, 0.1) is 21.6 Å². The number of hydrogen-bond acceptors (Lipinski definition) is 5. The maximum atomic E-state index is 13.8. The molecule has 2 aromatic carbocycles. The molecule has 0 bridgehead atoms. The molecule has 0 saturated heterocycles. The second-order valence-corrected chi connectivity index (χ2v) is 7.83. The molecule has 1 atom stereocenters. The zero-order valence-corrected chi connectivity index (χ0v) is 16.7. The van der Waals surface area contributed by atoms with E-state index in [0.29, 0.717) is 0 Å². The summed E-state index contributed by atoms with van der Waals surface area (Å²) in [5.74, 6) is -0.289. The Hall–Kier alpha value is -3.71. The van der Waals surface area contributed by atoms with Crippen molar-refractivity contribution in [1.82, 2.24) is 15.0 Å². The van der Waals surface area contributed by atoms with E-state index in [-0.39, 0.29) is 16.5 Å². The van der Waals surface area contributed by atoms with Crippen molar-refractivity contribution in [3.63, 3.8) is 0 Å². The molecule has 2 aromatic heterocycles. The highest BCUT2D eigenvalue weighted by Gasteiger charge is 2.27. The predicted octanol–water partition coefficient (Wildman–Crippen LogP) is 4.02. The minimum Gasteiger partial charge on any atom is -0.290 e. The van der Waals surface area contributed by atoms with Gasteiger partial charge in [-0.25, -0.2) is 15.0 Å². The zero-order chi connectivity index (χ0) is 20.8. The van der Waals surface area contributed by atoms with Gasteiger partial charge in [-0.3, -0.25) is 14.3 Å². The minimum absolute atomic E-state index is 0.172. The molecule has 4 aromatic rings. The molecule has 0 aliphatic heterocycles. The molecular formula is C23H18N4O2S. The van der Waals surface area contributed by atoms with Crippen LogP contribution < -0.4 is 5.32 Å². The van der Waals surface area contributed by atoms with E-state index in [1.165, 1.54) is 18.6 Å². The van der Waals surface area contributed by atoms with Gasteiger partial charge >= 0.3 is 0 Å². The third-order valence-corrected chi connectivity index (χ3v) is 6.10. The summed E-state index contributed by atoms with van der Waals surface area (Å²) >= 11 is 0. The van der Waals surface area contributed by atoms with Crippen LogP contribution in [-0.4, -0.2) is 25.1 Å². The van der Waals surface area contributed by atoms with E-state index in [1.807, 2.05) is 60.7 Å². The number of anilines is 1. The van der Waals surface area contributed by atoms with E-state index >= 15 is 0 Å². The molecule has 0 spiro atoms. The van der Waals surface area contributed by atoms with Crippen LogP contribution in [0.25, 0.3) is 0 Å². The van der Waals surface area contributed by atoms with Gasteiger partial charge < -0.3 is 0 Å². The van der Waals surface area contributed by atoms with Gasteiger partial charge in [0.25, 0.3) is 5.91 Å². The van der Waals surface area contributed by atoms with Crippen LogP contribution in [0.15, 0.2) is 102 Å². The third kappa shape index (κ3) is 4.31. The first-order chi connectivity index (χ1) is 14.7. The maximum absolute atomic E-state index is 13.8. The Morgan fingerprint density at radius 1 is 0.733 bits per heavy atom. The molecule has 148 valence electrons. The minimum atomic E-state index is -1.63. The summed E-state index contributed by atoms with van der Waals surface area (Å²) in [4.78, 5) is 25.2. The highest BCUT2D eigenvalue weighted by molar-refractivity contribution is 7.85. The van der Waals surface area contributed by atoms with Gasteiger partial charge in [-0.05, 0) is 29.3 Å². The number of nitrogens with zero attached hydrogens (tertiary/aromatic N) is 3. The van der Waals surface area contributed by atoms with Crippen LogP contribution >= 0.6 is 0 Å². The Bertz CT molecular complexity index is 1120. The number of carbonyl (C=O) groups is 1. The maximum Gasteiger partial charge on any atom is 0.260 e. The number of amides is 1. The van der Waals surface area contributed by atoms with Crippen molar-refractivity contribution in [1.29, 1.82) is 0 Å². The van der Waals surface area contributed by atoms with Crippen LogP contribution in [0.3, 0.4) is 0 Å². The first-order valence-corrected chi connectivity index (χ1v) is 10.5. The van der Waals surface area contributed by atoms with Gasteiger partial charge in [0.2, 0.25) is 5.95 Å². The SMILES string of the molecule is O=C(Nc1ncccn1)c1cccnc1S(=O)C(c1ccccc1)c1ccccc1. The van der Waals surface area contributed by atoms with Crippen molar-refractivity contribution in [3.05, 3.63) is 114 Å². The molecule has 1 amide bonds. The summed E-state index contributed by atoms with van der Waals surface area (Å²) in [6, 6.07) is 24.0. The molecule has 4 rings (SSSR count). The zero-order valence-electron chi connectivity index (χ0n) is 15.9. The van der Waals surface area contributed by atoms with Crippen LogP contribution in [0.1, 0.15) is 26.7 Å². The average Bonchev–Trinajstić information content (AvgIpc) is 2.81. The number of aromatic nitrogens is 3. The van der Waals surface area contributed by atoms with Gasteiger partial charge in [0.1, 0.15) is 5.03 Å². The molecule has 6 nitrogen and oxygen atoms in total. The van der Waals surface area contributed by atoms with Crippen molar-refractivity contribution in [2.24, 2.45) is 0 Å². The lowest BCUT2D eigenvalue weighted by Crippen LogP contribution is -2.19. The summed E-state index contributed by atoms with van der Waals surface area (Å²) < 4.78 is 13.8. The lowest BCUT2D eigenvalue weighted by atomic mass is 10.0. The highest BCUT2D eigenvalue weighted by atomic mass is 32.2. The first kappa shape index (κ1) is 19.6. The van der Waals surface area contributed by atoms with Crippen LogP contribution in [0.5, 0.6) is 0 Å². The van der Waals surface area contributed by atoms with Crippen molar-refractivity contribution in [3.8, 4) is 0 Å². The second kappa shape index (κ2) is 9.19. The Balaban J connectivity index is 1.73. The fourth-order valence-electron chi connectivity index (χ4n) is 3.06. The van der Waals surface area contributed by atoms with E-state index in [1.54, 1.807) is 18.2 Å². The molecule has 1 unspecified atom stereocenters. The Morgan fingerprint density at radius 2 is 1.30 bits per heavy atom. The number of rotatable bonds is 6. The van der Waals surface area contributed by atoms with Gasteiger partial charge in [0.15, 0.2) is 0 Å². The molecule has 0 saturated carbocycles. The molecule has 2 heterocycles. The van der Waals surface area contributed by atoms with Crippen molar-refractivity contribution >= 4 is 22.7 Å². The van der Waals surface area contributed by atoms with Gasteiger partial charge in [0, 0.05) is 18.6 Å². The molecule has 30 heavy (non-hydrogen) atoms. The molecule has 0 fully saturated rings. The van der Waals surface area contributed by atoms with E-state index in [2.05, 4.69) is 20.3 Å². The fraction of sp³-hybridized carbons (Fsp3) is 0.0435. The highest BCUT2D eigenvalue weighted by Crippen LogP contribution is 2.32. The predicted molar refractivity (Wildman–Crippen MR) is 115 cm³/mol. The van der Waals surface area contributed by atoms with Crippen LogP contribution in [0, 0.1) is 0 Å². The summed E-state index contributed by atoms with van der Waals surface area (Å²) in [5.41, 5.74) is 1.98. The largest absolute Gasteiger partial charge is 0.290 e. The van der Waals surface area contributed by atoms with Crippen molar-refractivity contribution in [2.75, 3.05) is 5.32 Å². The van der Waals surface area contributed by atoms with Gasteiger partial charge in [-0.15, -0.1) is 0 Å². The van der Waals surface area contributed by atoms with E-state index < -0.39 is 22.0 Å². The summed E-state index contributed by atoms with van der Waals surface area (Å²) in [7, 11) is -1.63. The molecule has 1 N–H and O–H groups in total. The van der Waals surface area contributed by atoms with Crippen molar-refractivity contribution in [2.45, 2.75) is 10.3 Å². The Labute approximate surface area is 176 Å². The van der Waals surface area contributed by atoms with Crippen LogP contribution in [0.4, 0.5) is 5.95 Å². The Morgan fingerprint density at radius 3 is 1.90 bits per heavy atom. The van der Waals surface area contributed by atoms with E-state index in [9.17, 15) is 9.00 Å². The number of nitrogens with one attached hydrogen (secondary N) is 1. The lowest BCUT2D eigenvalue weighted by Gasteiger charge is -2.18. The number of carbonyl (C=O) groups excluding carboxylic acids is 1. The summed E-state index contributed by atoms with van der Waals surface area (Å²) in [6.45, 7) is 0. The van der Waals surface area contributed by atoms with Gasteiger partial charge in [-0.1, -0.05) is 60.7 Å². The monoisotopic (exact) mass is 414 g/mol. The first-order valence-electron chi connectivity index (χ1n) is 9.28. The fourth-order valence-corrected chi connectivity index (χ4v) is 4.64. The number of hydrogen-bond donors (Lipinski definition) is 1. The van der Waals surface area contributed by atoms with Crippen LogP contribution in [-0.2, 0) is 10.8 Å². The summed E-state index contributed by atoms with van der Waals surface area (Å²) in [5, 5.41) is 2.38. The standard InChI is InChI=1S/C23H18N4O2S/c28-21(27-23-25-15-8-16-26-23)19-13-7-14-24-22(19)30(29)20(17-9-3-1-4-10-17)18-11-5-2-6-12-18/h1-16,20H,(H,25,26,27,28). The average molecular weight is 414 g/mol. The van der Waals surface area contributed by atoms with E-state index in [0.717, 1.165) is 11.1 Å². The molecule has 7 heteroatoms. The Kier molecular flexibility index (Phi) is 6.01. The molecule has 0 aliphatic rings. The van der Waals surface area contributed by atoms with Crippen molar-refractivity contribution < 1.29 is 9.00 Å². The second-order valence-electron chi connectivity index (χ2n) is 6.38. The van der Waals surface area contributed by atoms with Crippen LogP contribution in [0.2, 0.25) is 0 Å². The third-order valence-electron chi connectivity index (χ3n) is 4.42. The normalized spacial score (nSPS) is 11.8. The quantitative estimate of drug-likeness (QED) is 0.515. The van der Waals surface area contributed by atoms with Gasteiger partial charge in [-0.2, -0.15) is 0 Å². The number of pyridine rings is 1. The molecule has 0 radical (unpaired) electrons. The number of benzene rings is 2. The topological polar surface area (TPSA) is 84.8 Å². The lowest BCUT2D eigenvalue weighted by molar-refractivity contribution is 0.102. The molecule has 0 aliphatic carbocycles. The molecular weight excluding hydrogens is 396 g/mol.